The molecule has 3 aromatic carbocycles. The van der Waals surface area contributed by atoms with Crippen molar-refractivity contribution in [2.24, 2.45) is 5.73 Å². The molecule has 4 atom stereocenters. The monoisotopic (exact) mass is 487 g/mol. The van der Waals surface area contributed by atoms with E-state index in [-0.39, 0.29) is 18.0 Å². The van der Waals surface area contributed by atoms with Crippen molar-refractivity contribution in [1.82, 2.24) is 9.80 Å². The van der Waals surface area contributed by atoms with Crippen LogP contribution in [0.4, 0.5) is 0 Å². The minimum Gasteiger partial charge on any atom is -0.334 e. The van der Waals surface area contributed by atoms with Gasteiger partial charge in [-0.2, -0.15) is 0 Å². The van der Waals surface area contributed by atoms with Crippen molar-refractivity contribution in [3.63, 3.8) is 0 Å². The molecule has 5 rings (SSSR count). The number of hydrogen-bond acceptors (Lipinski definition) is 3. The van der Waals surface area contributed by atoms with Crippen LogP contribution in [0.5, 0.6) is 0 Å². The SMILES string of the molecule is CC(N)c1cccc(C(=O)N2C[C@@H](c3ccccc3)C[C@H]2CN2CCC(c3ccc(Cl)cc3)C2)c1. The van der Waals surface area contributed by atoms with E-state index in [1.54, 1.807) is 0 Å². The number of carbonyl (C=O) groups excluding carboxylic acids is 1. The van der Waals surface area contributed by atoms with Crippen molar-refractivity contribution in [3.8, 4) is 0 Å². The molecular weight excluding hydrogens is 454 g/mol. The van der Waals surface area contributed by atoms with E-state index in [9.17, 15) is 4.79 Å². The largest absolute Gasteiger partial charge is 0.334 e. The molecule has 35 heavy (non-hydrogen) atoms. The van der Waals surface area contributed by atoms with Crippen LogP contribution in [0.25, 0.3) is 0 Å². The van der Waals surface area contributed by atoms with Crippen molar-refractivity contribution in [2.45, 2.75) is 43.7 Å². The molecule has 2 aliphatic rings. The van der Waals surface area contributed by atoms with Gasteiger partial charge in [0.15, 0.2) is 0 Å². The Hall–Kier alpha value is -2.66. The first-order valence-electron chi connectivity index (χ1n) is 12.7. The predicted molar refractivity (Wildman–Crippen MR) is 143 cm³/mol. The number of halogens is 1. The summed E-state index contributed by atoms with van der Waals surface area (Å²) in [5, 5.41) is 0.781. The van der Waals surface area contributed by atoms with Gasteiger partial charge in [-0.25, -0.2) is 0 Å². The lowest BCUT2D eigenvalue weighted by atomic mass is 9.96. The fraction of sp³-hybridized carbons (Fsp3) is 0.367. The van der Waals surface area contributed by atoms with Crippen LogP contribution in [0, 0.1) is 0 Å². The van der Waals surface area contributed by atoms with Crippen molar-refractivity contribution >= 4 is 17.5 Å². The maximum atomic E-state index is 13.8. The van der Waals surface area contributed by atoms with Gasteiger partial charge in [0.05, 0.1) is 0 Å². The quantitative estimate of drug-likeness (QED) is 0.474. The molecule has 182 valence electrons. The van der Waals surface area contributed by atoms with E-state index in [0.717, 1.165) is 55.2 Å². The Morgan fingerprint density at radius 2 is 1.71 bits per heavy atom. The zero-order valence-electron chi connectivity index (χ0n) is 20.3. The standard InChI is InChI=1S/C30H34ClN3O/c1-21(32)24-8-5-9-25(16-24)30(35)34-19-27(22-6-3-2-4-7-22)17-29(34)20-33-15-14-26(18-33)23-10-12-28(31)13-11-23/h2-13,16,21,26-27,29H,14-15,17-20,32H2,1H3/t21?,26?,27-,29-/m0/s1. The summed E-state index contributed by atoms with van der Waals surface area (Å²) in [4.78, 5) is 18.4. The minimum absolute atomic E-state index is 0.0939. The number of amides is 1. The molecule has 2 heterocycles. The highest BCUT2D eigenvalue weighted by Gasteiger charge is 2.38. The summed E-state index contributed by atoms with van der Waals surface area (Å²) in [6.07, 6.45) is 2.13. The molecule has 0 spiro atoms. The first kappa shape index (κ1) is 24.1. The van der Waals surface area contributed by atoms with Crippen LogP contribution in [0.2, 0.25) is 5.02 Å². The van der Waals surface area contributed by atoms with Gasteiger partial charge < -0.3 is 15.5 Å². The molecule has 2 aliphatic heterocycles. The van der Waals surface area contributed by atoms with Gasteiger partial charge in [0.2, 0.25) is 0 Å². The van der Waals surface area contributed by atoms with Crippen LogP contribution >= 0.6 is 11.6 Å². The first-order valence-corrected chi connectivity index (χ1v) is 13.0. The summed E-state index contributed by atoms with van der Waals surface area (Å²) in [6.45, 7) is 5.70. The summed E-state index contributed by atoms with van der Waals surface area (Å²) < 4.78 is 0. The summed E-state index contributed by atoms with van der Waals surface area (Å²) in [6, 6.07) is 26.8. The fourth-order valence-corrected chi connectivity index (χ4v) is 5.86. The number of carbonyl (C=O) groups is 1. The summed E-state index contributed by atoms with van der Waals surface area (Å²) in [7, 11) is 0. The third kappa shape index (κ3) is 5.45. The van der Waals surface area contributed by atoms with Gasteiger partial charge in [0.1, 0.15) is 0 Å². The maximum Gasteiger partial charge on any atom is 0.254 e. The van der Waals surface area contributed by atoms with Gasteiger partial charge in [-0.1, -0.05) is 66.2 Å². The topological polar surface area (TPSA) is 49.6 Å². The zero-order valence-corrected chi connectivity index (χ0v) is 21.1. The number of hydrogen-bond donors (Lipinski definition) is 1. The Morgan fingerprint density at radius 3 is 2.46 bits per heavy atom. The summed E-state index contributed by atoms with van der Waals surface area (Å²) >= 11 is 6.09. The second kappa shape index (κ2) is 10.5. The van der Waals surface area contributed by atoms with Crippen LogP contribution in [-0.4, -0.2) is 47.9 Å². The molecule has 0 radical (unpaired) electrons. The summed E-state index contributed by atoms with van der Waals surface area (Å²) in [5.41, 5.74) is 10.5. The van der Waals surface area contributed by atoms with Gasteiger partial charge in [-0.05, 0) is 73.2 Å². The molecule has 2 fully saturated rings. The Balaban J connectivity index is 1.34. The van der Waals surface area contributed by atoms with E-state index in [2.05, 4.69) is 52.3 Å². The van der Waals surface area contributed by atoms with E-state index in [0.29, 0.717) is 11.8 Å². The smallest absolute Gasteiger partial charge is 0.254 e. The molecule has 5 heteroatoms. The van der Waals surface area contributed by atoms with Crippen LogP contribution in [0.3, 0.4) is 0 Å². The molecule has 3 aromatic rings. The lowest BCUT2D eigenvalue weighted by Crippen LogP contribution is -2.42. The number of benzene rings is 3. The van der Waals surface area contributed by atoms with Crippen LogP contribution in [0.15, 0.2) is 78.9 Å². The third-order valence-corrected chi connectivity index (χ3v) is 7.94. The number of nitrogens with two attached hydrogens (primary N) is 1. The molecule has 1 amide bonds. The number of likely N-dealkylation sites (tertiary alicyclic amines) is 2. The van der Waals surface area contributed by atoms with Crippen molar-refractivity contribution in [2.75, 3.05) is 26.2 Å². The Bertz CT molecular complexity index is 1150. The van der Waals surface area contributed by atoms with E-state index < -0.39 is 0 Å². The summed E-state index contributed by atoms with van der Waals surface area (Å²) in [5.74, 6) is 0.992. The average Bonchev–Trinajstić information content (AvgIpc) is 3.52. The van der Waals surface area contributed by atoms with E-state index in [1.807, 2.05) is 43.3 Å². The van der Waals surface area contributed by atoms with Crippen LogP contribution < -0.4 is 5.73 Å². The molecule has 0 aliphatic carbocycles. The average molecular weight is 488 g/mol. The van der Waals surface area contributed by atoms with Gasteiger partial charge in [0.25, 0.3) is 5.91 Å². The van der Waals surface area contributed by atoms with Gasteiger partial charge in [-0.3, -0.25) is 4.79 Å². The number of rotatable bonds is 6. The Morgan fingerprint density at radius 1 is 0.971 bits per heavy atom. The second-order valence-corrected chi connectivity index (χ2v) is 10.6. The molecule has 0 bridgehead atoms. The van der Waals surface area contributed by atoms with Gasteiger partial charge in [-0.15, -0.1) is 0 Å². The lowest BCUT2D eigenvalue weighted by Gasteiger charge is -2.29. The normalized spacial score (nSPS) is 23.5. The fourth-order valence-electron chi connectivity index (χ4n) is 5.73. The highest BCUT2D eigenvalue weighted by Crippen LogP contribution is 2.35. The molecule has 2 saturated heterocycles. The van der Waals surface area contributed by atoms with E-state index >= 15 is 0 Å². The molecule has 4 nitrogen and oxygen atoms in total. The van der Waals surface area contributed by atoms with Crippen LogP contribution in [0.1, 0.15) is 64.7 Å². The Kier molecular flexibility index (Phi) is 7.24. The predicted octanol–water partition coefficient (Wildman–Crippen LogP) is 5.85. The molecule has 2 N–H and O–H groups in total. The van der Waals surface area contributed by atoms with Gasteiger partial charge in [0, 0.05) is 48.2 Å². The molecular formula is C30H34ClN3O. The highest BCUT2D eigenvalue weighted by atomic mass is 35.5. The van der Waals surface area contributed by atoms with Crippen molar-refractivity contribution in [1.29, 1.82) is 0 Å². The minimum atomic E-state index is -0.0939. The zero-order chi connectivity index (χ0) is 24.4. The first-order chi connectivity index (χ1) is 17.0. The molecule has 0 saturated carbocycles. The van der Waals surface area contributed by atoms with Crippen molar-refractivity contribution in [3.05, 3.63) is 106 Å². The lowest BCUT2D eigenvalue weighted by molar-refractivity contribution is 0.0707. The van der Waals surface area contributed by atoms with E-state index in [4.69, 9.17) is 17.3 Å². The van der Waals surface area contributed by atoms with Crippen molar-refractivity contribution < 1.29 is 4.79 Å². The molecule has 2 unspecified atom stereocenters. The Labute approximate surface area is 213 Å². The number of nitrogens with zero attached hydrogens (tertiary/aromatic N) is 2. The third-order valence-electron chi connectivity index (χ3n) is 7.69. The van der Waals surface area contributed by atoms with E-state index in [1.165, 1.54) is 11.1 Å². The highest BCUT2D eigenvalue weighted by molar-refractivity contribution is 6.30. The molecule has 0 aromatic heterocycles. The second-order valence-electron chi connectivity index (χ2n) is 10.2. The van der Waals surface area contributed by atoms with Crippen LogP contribution in [-0.2, 0) is 0 Å². The van der Waals surface area contributed by atoms with Gasteiger partial charge >= 0.3 is 0 Å². The maximum absolute atomic E-state index is 13.8.